The number of aryl methyl sites for hydroxylation is 1. The lowest BCUT2D eigenvalue weighted by atomic mass is 10.1. The van der Waals surface area contributed by atoms with Crippen LogP contribution in [0, 0.1) is 6.92 Å². The van der Waals surface area contributed by atoms with Crippen LogP contribution >= 0.6 is 0 Å². The Bertz CT molecular complexity index is 707. The molecule has 0 spiro atoms. The molecule has 1 N–H and O–H groups in total. The Morgan fingerprint density at radius 2 is 2.23 bits per heavy atom. The van der Waals surface area contributed by atoms with E-state index in [9.17, 15) is 4.79 Å². The van der Waals surface area contributed by atoms with E-state index in [1.807, 2.05) is 23.9 Å². The van der Waals surface area contributed by atoms with Gasteiger partial charge >= 0.3 is 6.03 Å². The van der Waals surface area contributed by atoms with Gasteiger partial charge in [-0.05, 0) is 13.0 Å². The van der Waals surface area contributed by atoms with Crippen molar-refractivity contribution in [2.24, 2.45) is 0 Å². The fourth-order valence-electron chi connectivity index (χ4n) is 2.81. The smallest absolute Gasteiger partial charge is 0.322 e. The number of rotatable bonds is 3. The molecule has 0 atom stereocenters. The van der Waals surface area contributed by atoms with E-state index >= 15 is 0 Å². The number of aromatic nitrogens is 4. The highest BCUT2D eigenvalue weighted by Crippen LogP contribution is 2.27. The SMILES string of the molecule is Cc1nccc(N2CC(n3cc(N4CCNC4=O)cn3)C2)n1. The molecule has 2 amide bonds. The molecule has 2 saturated heterocycles. The molecule has 8 nitrogen and oxygen atoms in total. The zero-order chi connectivity index (χ0) is 15.1. The first-order valence-electron chi connectivity index (χ1n) is 7.35. The quantitative estimate of drug-likeness (QED) is 0.896. The summed E-state index contributed by atoms with van der Waals surface area (Å²) >= 11 is 0. The molecule has 114 valence electrons. The van der Waals surface area contributed by atoms with Crippen LogP contribution in [0.1, 0.15) is 11.9 Å². The Hall–Kier alpha value is -2.64. The van der Waals surface area contributed by atoms with Crippen LogP contribution in [-0.2, 0) is 0 Å². The van der Waals surface area contributed by atoms with Crippen molar-refractivity contribution >= 4 is 17.5 Å². The van der Waals surface area contributed by atoms with Gasteiger partial charge in [0.05, 0.1) is 17.9 Å². The van der Waals surface area contributed by atoms with Gasteiger partial charge in [0.1, 0.15) is 11.6 Å². The molecular weight excluding hydrogens is 282 g/mol. The summed E-state index contributed by atoms with van der Waals surface area (Å²) in [5, 5.41) is 7.19. The van der Waals surface area contributed by atoms with Crippen LogP contribution in [0.15, 0.2) is 24.7 Å². The average Bonchev–Trinajstić information content (AvgIpc) is 3.06. The van der Waals surface area contributed by atoms with Crippen LogP contribution < -0.4 is 15.1 Å². The zero-order valence-electron chi connectivity index (χ0n) is 12.3. The highest BCUT2D eigenvalue weighted by molar-refractivity contribution is 5.93. The largest absolute Gasteiger partial charge is 0.352 e. The van der Waals surface area contributed by atoms with E-state index in [-0.39, 0.29) is 6.03 Å². The van der Waals surface area contributed by atoms with Crippen molar-refractivity contribution in [3.63, 3.8) is 0 Å². The van der Waals surface area contributed by atoms with Crippen LogP contribution in [0.2, 0.25) is 0 Å². The molecule has 0 radical (unpaired) electrons. The van der Waals surface area contributed by atoms with Crippen LogP contribution in [-0.4, -0.2) is 52.0 Å². The standard InChI is InChI=1S/C14H17N7O/c1-10-15-3-2-13(18-10)19-7-12(8-19)21-9-11(6-17-21)20-5-4-16-14(20)22/h2-3,6,9,12H,4-5,7-8H2,1H3,(H,16,22). The number of carbonyl (C=O) groups is 1. The normalized spacial score (nSPS) is 18.5. The predicted molar refractivity (Wildman–Crippen MR) is 81.0 cm³/mol. The Labute approximate surface area is 127 Å². The average molecular weight is 299 g/mol. The van der Waals surface area contributed by atoms with Crippen molar-refractivity contribution in [3.8, 4) is 0 Å². The van der Waals surface area contributed by atoms with Gasteiger partial charge in [-0.15, -0.1) is 0 Å². The van der Waals surface area contributed by atoms with Gasteiger partial charge in [0.2, 0.25) is 0 Å². The third kappa shape index (κ3) is 2.16. The van der Waals surface area contributed by atoms with Crippen molar-refractivity contribution in [1.82, 2.24) is 25.1 Å². The van der Waals surface area contributed by atoms with Gasteiger partial charge in [0.15, 0.2) is 0 Å². The van der Waals surface area contributed by atoms with Crippen molar-refractivity contribution in [3.05, 3.63) is 30.5 Å². The van der Waals surface area contributed by atoms with Gasteiger partial charge in [-0.1, -0.05) is 0 Å². The molecule has 2 aromatic rings. The number of carbonyl (C=O) groups excluding carboxylic acids is 1. The van der Waals surface area contributed by atoms with Gasteiger partial charge in [-0.3, -0.25) is 9.58 Å². The molecule has 8 heteroatoms. The molecule has 2 aliphatic rings. The highest BCUT2D eigenvalue weighted by Gasteiger charge is 2.31. The van der Waals surface area contributed by atoms with Crippen LogP contribution in [0.25, 0.3) is 0 Å². The second-order valence-electron chi connectivity index (χ2n) is 5.58. The maximum Gasteiger partial charge on any atom is 0.322 e. The summed E-state index contributed by atoms with van der Waals surface area (Å²) in [7, 11) is 0. The first-order chi connectivity index (χ1) is 10.7. The molecule has 0 aliphatic carbocycles. The maximum absolute atomic E-state index is 11.7. The Morgan fingerprint density at radius 3 is 2.95 bits per heavy atom. The minimum Gasteiger partial charge on any atom is -0.352 e. The molecule has 22 heavy (non-hydrogen) atoms. The van der Waals surface area contributed by atoms with Crippen LogP contribution in [0.5, 0.6) is 0 Å². The van der Waals surface area contributed by atoms with Crippen molar-refractivity contribution in [2.75, 3.05) is 36.0 Å². The second kappa shape index (κ2) is 4.97. The van der Waals surface area contributed by atoms with E-state index in [0.717, 1.165) is 30.4 Å². The molecule has 4 rings (SSSR count). The molecule has 0 saturated carbocycles. The van der Waals surface area contributed by atoms with E-state index in [0.29, 0.717) is 19.1 Å². The first kappa shape index (κ1) is 13.1. The van der Waals surface area contributed by atoms with Crippen molar-refractivity contribution in [1.29, 1.82) is 0 Å². The molecular formula is C14H17N7O. The van der Waals surface area contributed by atoms with Gasteiger partial charge in [0, 0.05) is 38.6 Å². The monoisotopic (exact) mass is 299 g/mol. The van der Waals surface area contributed by atoms with Crippen molar-refractivity contribution < 1.29 is 4.79 Å². The molecule has 0 unspecified atom stereocenters. The molecule has 0 aromatic carbocycles. The summed E-state index contributed by atoms with van der Waals surface area (Å²) in [6.07, 6.45) is 5.48. The maximum atomic E-state index is 11.7. The van der Waals surface area contributed by atoms with E-state index in [2.05, 4.69) is 25.3 Å². The van der Waals surface area contributed by atoms with Gasteiger partial charge in [-0.25, -0.2) is 14.8 Å². The number of urea groups is 1. The van der Waals surface area contributed by atoms with E-state index in [1.165, 1.54) is 0 Å². The van der Waals surface area contributed by atoms with Gasteiger partial charge < -0.3 is 10.2 Å². The fourth-order valence-corrected chi connectivity index (χ4v) is 2.81. The molecule has 2 aromatic heterocycles. The Morgan fingerprint density at radius 1 is 1.36 bits per heavy atom. The Kier molecular flexibility index (Phi) is 2.95. The number of anilines is 2. The summed E-state index contributed by atoms with van der Waals surface area (Å²) in [4.78, 5) is 24.1. The summed E-state index contributed by atoms with van der Waals surface area (Å²) in [5.74, 6) is 1.73. The lowest BCUT2D eigenvalue weighted by Crippen LogP contribution is -2.48. The number of nitrogens with zero attached hydrogens (tertiary/aromatic N) is 6. The fraction of sp³-hybridized carbons (Fsp3) is 0.429. The third-order valence-corrected chi connectivity index (χ3v) is 4.08. The number of amides is 2. The van der Waals surface area contributed by atoms with Gasteiger partial charge in [0.25, 0.3) is 0 Å². The zero-order valence-corrected chi connectivity index (χ0v) is 12.3. The molecule has 2 fully saturated rings. The van der Waals surface area contributed by atoms with E-state index < -0.39 is 0 Å². The summed E-state index contributed by atoms with van der Waals surface area (Å²) < 4.78 is 1.94. The van der Waals surface area contributed by atoms with Crippen LogP contribution in [0.4, 0.5) is 16.3 Å². The summed E-state index contributed by atoms with van der Waals surface area (Å²) in [6, 6.07) is 2.19. The van der Waals surface area contributed by atoms with E-state index in [4.69, 9.17) is 0 Å². The molecule has 2 aliphatic heterocycles. The van der Waals surface area contributed by atoms with Crippen LogP contribution in [0.3, 0.4) is 0 Å². The number of nitrogens with one attached hydrogen (secondary N) is 1. The molecule has 4 heterocycles. The first-order valence-corrected chi connectivity index (χ1v) is 7.35. The lowest BCUT2D eigenvalue weighted by molar-refractivity contribution is 0.252. The Balaban J connectivity index is 1.43. The third-order valence-electron chi connectivity index (χ3n) is 4.08. The number of hydrogen-bond acceptors (Lipinski definition) is 5. The minimum atomic E-state index is -0.0498. The second-order valence-corrected chi connectivity index (χ2v) is 5.58. The van der Waals surface area contributed by atoms with Crippen molar-refractivity contribution in [2.45, 2.75) is 13.0 Å². The highest BCUT2D eigenvalue weighted by atomic mass is 16.2. The lowest BCUT2D eigenvalue weighted by Gasteiger charge is -2.40. The van der Waals surface area contributed by atoms with Gasteiger partial charge in [-0.2, -0.15) is 5.10 Å². The predicted octanol–water partition coefficient (Wildman–Crippen LogP) is 0.572. The number of hydrogen-bond donors (Lipinski definition) is 1. The minimum absolute atomic E-state index is 0.0498. The summed E-state index contributed by atoms with van der Waals surface area (Å²) in [5.41, 5.74) is 0.853. The molecule has 0 bridgehead atoms. The summed E-state index contributed by atoms with van der Waals surface area (Å²) in [6.45, 7) is 5.00. The van der Waals surface area contributed by atoms with E-state index in [1.54, 1.807) is 17.3 Å². The topological polar surface area (TPSA) is 79.2 Å².